The molecule has 1 saturated heterocycles. The van der Waals surface area contributed by atoms with Gasteiger partial charge in [-0.15, -0.1) is 0 Å². The number of hydrogen-bond donors (Lipinski definition) is 3. The topological polar surface area (TPSA) is 117 Å². The van der Waals surface area contributed by atoms with Crippen LogP contribution in [-0.4, -0.2) is 47.3 Å². The van der Waals surface area contributed by atoms with Crippen LogP contribution in [0.1, 0.15) is 75.6 Å². The number of amides is 5. The van der Waals surface area contributed by atoms with E-state index in [1.165, 1.54) is 12.8 Å². The number of urea groups is 1. The number of carbonyl (C=O) groups excluding carboxylic acids is 4. The van der Waals surface area contributed by atoms with Crippen LogP contribution in [0.5, 0.6) is 5.75 Å². The van der Waals surface area contributed by atoms with Gasteiger partial charge in [-0.2, -0.15) is 0 Å². The molecule has 9 heteroatoms. The molecule has 1 saturated carbocycles. The number of imide groups is 1. The molecule has 1 heterocycles. The Balaban J connectivity index is 1.45. The Morgan fingerprint density at radius 1 is 1.12 bits per heavy atom. The van der Waals surface area contributed by atoms with E-state index < -0.39 is 29.9 Å². The van der Waals surface area contributed by atoms with Crippen molar-refractivity contribution in [3.05, 3.63) is 29.8 Å². The van der Waals surface area contributed by atoms with E-state index in [4.69, 9.17) is 4.74 Å². The number of rotatable bonds is 9. The zero-order valence-corrected chi connectivity index (χ0v) is 19.4. The highest BCUT2D eigenvalue weighted by molar-refractivity contribution is 6.09. The average molecular weight is 459 g/mol. The van der Waals surface area contributed by atoms with Gasteiger partial charge in [-0.05, 0) is 49.4 Å². The summed E-state index contributed by atoms with van der Waals surface area (Å²) < 4.78 is 5.66. The molecule has 1 aliphatic heterocycles. The van der Waals surface area contributed by atoms with Gasteiger partial charge in [0.05, 0.1) is 6.61 Å². The Kier molecular flexibility index (Phi) is 8.30. The van der Waals surface area contributed by atoms with Crippen molar-refractivity contribution in [1.29, 1.82) is 0 Å². The zero-order valence-electron chi connectivity index (χ0n) is 19.4. The fraction of sp³-hybridized carbons (Fsp3) is 0.583. The maximum Gasteiger partial charge on any atom is 0.325 e. The number of nitrogens with zero attached hydrogens (tertiary/aromatic N) is 1. The van der Waals surface area contributed by atoms with Gasteiger partial charge in [-0.3, -0.25) is 30.1 Å². The van der Waals surface area contributed by atoms with E-state index in [1.807, 2.05) is 6.92 Å². The maximum absolute atomic E-state index is 12.9. The lowest BCUT2D eigenvalue weighted by Gasteiger charge is -2.36. The Hall–Kier alpha value is -3.10. The Bertz CT molecular complexity index is 872. The fourth-order valence-corrected chi connectivity index (χ4v) is 4.44. The molecule has 9 nitrogen and oxygen atoms in total. The molecule has 2 atom stereocenters. The van der Waals surface area contributed by atoms with Crippen molar-refractivity contribution in [2.75, 3.05) is 13.2 Å². The third kappa shape index (κ3) is 5.83. The van der Waals surface area contributed by atoms with Crippen molar-refractivity contribution in [2.24, 2.45) is 5.92 Å². The predicted molar refractivity (Wildman–Crippen MR) is 122 cm³/mol. The quantitative estimate of drug-likeness (QED) is 0.299. The maximum atomic E-state index is 12.9. The lowest BCUT2D eigenvalue weighted by atomic mass is 9.73. The number of nitrogens with one attached hydrogen (secondary N) is 3. The summed E-state index contributed by atoms with van der Waals surface area (Å²) in [5, 5.41) is 2.80. The van der Waals surface area contributed by atoms with Crippen molar-refractivity contribution in [3.8, 4) is 5.75 Å². The monoisotopic (exact) mass is 458 g/mol. The van der Waals surface area contributed by atoms with Crippen molar-refractivity contribution in [3.63, 3.8) is 0 Å². The molecule has 5 amide bonds. The SMILES string of the molecule is CCCCCCOc1ccc(C(=O)NNC(=O)CN2C(=O)NC3(CCCCC3C)C2=O)cc1. The third-order valence-corrected chi connectivity index (χ3v) is 6.50. The normalized spacial score (nSPS) is 22.2. The van der Waals surface area contributed by atoms with Gasteiger partial charge in [0.1, 0.15) is 17.8 Å². The predicted octanol–water partition coefficient (Wildman–Crippen LogP) is 2.91. The number of carbonyl (C=O) groups is 4. The van der Waals surface area contributed by atoms with Gasteiger partial charge < -0.3 is 10.1 Å². The van der Waals surface area contributed by atoms with Crippen LogP contribution in [0, 0.1) is 5.92 Å². The molecule has 33 heavy (non-hydrogen) atoms. The van der Waals surface area contributed by atoms with Crippen LogP contribution in [0.15, 0.2) is 24.3 Å². The summed E-state index contributed by atoms with van der Waals surface area (Å²) in [6.45, 7) is 4.28. The minimum absolute atomic E-state index is 0.0127. The molecule has 2 aliphatic rings. The molecule has 2 unspecified atom stereocenters. The summed E-state index contributed by atoms with van der Waals surface area (Å²) in [5.74, 6) is -0.839. The molecular formula is C24H34N4O5. The van der Waals surface area contributed by atoms with Gasteiger partial charge in [0.15, 0.2) is 0 Å². The van der Waals surface area contributed by atoms with Crippen LogP contribution in [0.3, 0.4) is 0 Å². The molecule has 2 fully saturated rings. The molecule has 3 rings (SSSR count). The first-order chi connectivity index (χ1) is 15.9. The first kappa shape index (κ1) is 24.5. The summed E-state index contributed by atoms with van der Waals surface area (Å²) in [5.41, 5.74) is 4.02. The second kappa shape index (κ2) is 11.2. The molecule has 0 radical (unpaired) electrons. The van der Waals surface area contributed by atoms with Gasteiger partial charge in [-0.1, -0.05) is 46.0 Å². The van der Waals surface area contributed by atoms with Crippen LogP contribution in [0.25, 0.3) is 0 Å². The molecule has 1 spiro atoms. The molecular weight excluding hydrogens is 424 g/mol. The molecule has 0 aromatic heterocycles. The minimum atomic E-state index is -0.918. The van der Waals surface area contributed by atoms with Gasteiger partial charge in [0, 0.05) is 5.56 Å². The number of hydrogen-bond acceptors (Lipinski definition) is 5. The fourth-order valence-electron chi connectivity index (χ4n) is 4.44. The summed E-state index contributed by atoms with van der Waals surface area (Å²) in [7, 11) is 0. The Morgan fingerprint density at radius 3 is 2.58 bits per heavy atom. The van der Waals surface area contributed by atoms with E-state index in [9.17, 15) is 19.2 Å². The lowest BCUT2D eigenvalue weighted by Crippen LogP contribution is -2.54. The summed E-state index contributed by atoms with van der Waals surface area (Å²) in [4.78, 5) is 50.8. The highest BCUT2D eigenvalue weighted by Crippen LogP contribution is 2.38. The van der Waals surface area contributed by atoms with Crippen molar-refractivity contribution in [1.82, 2.24) is 21.1 Å². The van der Waals surface area contributed by atoms with E-state index in [-0.39, 0.29) is 11.8 Å². The second-order valence-electron chi connectivity index (χ2n) is 8.88. The van der Waals surface area contributed by atoms with Gasteiger partial charge >= 0.3 is 6.03 Å². The Morgan fingerprint density at radius 2 is 1.88 bits per heavy atom. The number of benzene rings is 1. The minimum Gasteiger partial charge on any atom is -0.494 e. The largest absolute Gasteiger partial charge is 0.494 e. The Labute approximate surface area is 194 Å². The van der Waals surface area contributed by atoms with E-state index >= 15 is 0 Å². The van der Waals surface area contributed by atoms with Crippen LogP contribution in [0.2, 0.25) is 0 Å². The number of hydrazine groups is 1. The van der Waals surface area contributed by atoms with Gasteiger partial charge in [-0.25, -0.2) is 4.79 Å². The van der Waals surface area contributed by atoms with E-state index in [2.05, 4.69) is 23.1 Å². The molecule has 1 aromatic rings. The van der Waals surface area contributed by atoms with Crippen LogP contribution < -0.4 is 20.9 Å². The summed E-state index contributed by atoms with van der Waals surface area (Å²) >= 11 is 0. The van der Waals surface area contributed by atoms with Crippen molar-refractivity contribution < 1.29 is 23.9 Å². The van der Waals surface area contributed by atoms with Crippen molar-refractivity contribution >= 4 is 23.8 Å². The first-order valence-electron chi connectivity index (χ1n) is 11.8. The number of unbranched alkanes of at least 4 members (excludes halogenated alkanes) is 3. The van der Waals surface area contributed by atoms with Crippen LogP contribution in [-0.2, 0) is 9.59 Å². The highest BCUT2D eigenvalue weighted by Gasteiger charge is 2.55. The molecule has 1 aliphatic carbocycles. The first-order valence-corrected chi connectivity index (χ1v) is 11.8. The second-order valence-corrected chi connectivity index (χ2v) is 8.88. The third-order valence-electron chi connectivity index (χ3n) is 6.50. The van der Waals surface area contributed by atoms with Crippen LogP contribution in [0.4, 0.5) is 4.79 Å². The van der Waals surface area contributed by atoms with Crippen molar-refractivity contribution in [2.45, 2.75) is 70.8 Å². The van der Waals surface area contributed by atoms with E-state index in [0.717, 1.165) is 37.0 Å². The van der Waals surface area contributed by atoms with Gasteiger partial charge in [0.2, 0.25) is 0 Å². The van der Waals surface area contributed by atoms with Crippen LogP contribution >= 0.6 is 0 Å². The molecule has 0 bridgehead atoms. The molecule has 180 valence electrons. The van der Waals surface area contributed by atoms with Gasteiger partial charge in [0.25, 0.3) is 17.7 Å². The zero-order chi connectivity index (χ0) is 23.8. The molecule has 1 aromatic carbocycles. The summed E-state index contributed by atoms with van der Waals surface area (Å²) in [6, 6.07) is 6.05. The lowest BCUT2D eigenvalue weighted by molar-refractivity contribution is -0.137. The standard InChI is InChI=1S/C24H34N4O5/c1-3-4-5-8-15-33-19-12-10-18(11-13-19)21(30)27-26-20(29)16-28-22(31)24(25-23(28)32)14-7-6-9-17(24)2/h10-13,17H,3-9,14-16H2,1-2H3,(H,25,32)(H,26,29)(H,27,30). The summed E-state index contributed by atoms with van der Waals surface area (Å²) in [6.07, 6.45) is 7.77. The van der Waals surface area contributed by atoms with E-state index in [1.54, 1.807) is 24.3 Å². The smallest absolute Gasteiger partial charge is 0.325 e. The highest BCUT2D eigenvalue weighted by atomic mass is 16.5. The number of ether oxygens (including phenoxy) is 1. The average Bonchev–Trinajstić information content (AvgIpc) is 3.04. The van der Waals surface area contributed by atoms with E-state index in [0.29, 0.717) is 24.3 Å². The molecule has 3 N–H and O–H groups in total.